The average molecular weight is 172 g/mol. The van der Waals surface area contributed by atoms with Gasteiger partial charge in [0.05, 0.1) is 0 Å². The molecule has 0 aromatic rings. The van der Waals surface area contributed by atoms with Crippen molar-refractivity contribution in [3.05, 3.63) is 0 Å². The zero-order valence-corrected chi connectivity index (χ0v) is 8.08. The Bertz CT molecular complexity index is 126. The van der Waals surface area contributed by atoms with E-state index in [4.69, 9.17) is 5.11 Å². The molecule has 1 atom stereocenters. The van der Waals surface area contributed by atoms with Crippen LogP contribution < -0.4 is 5.32 Å². The zero-order chi connectivity index (χ0) is 8.97. The van der Waals surface area contributed by atoms with E-state index in [1.807, 2.05) is 0 Å². The first kappa shape index (κ1) is 9.96. The number of aliphatic hydroxyl groups excluding tert-OH is 1. The molecule has 72 valence electrons. The summed E-state index contributed by atoms with van der Waals surface area (Å²) in [6, 6.07) is 1.13. The van der Waals surface area contributed by atoms with Gasteiger partial charge in [0, 0.05) is 38.3 Å². The second-order valence-corrected chi connectivity index (χ2v) is 3.70. The van der Waals surface area contributed by atoms with Crippen molar-refractivity contribution < 1.29 is 5.11 Å². The molecule has 0 spiro atoms. The van der Waals surface area contributed by atoms with E-state index in [9.17, 15) is 0 Å². The van der Waals surface area contributed by atoms with Crippen LogP contribution in [0.25, 0.3) is 0 Å². The third-order valence-electron chi connectivity index (χ3n) is 2.52. The first-order valence-corrected chi connectivity index (χ1v) is 4.83. The van der Waals surface area contributed by atoms with Crippen molar-refractivity contribution in [3.63, 3.8) is 0 Å². The second kappa shape index (κ2) is 4.80. The van der Waals surface area contributed by atoms with E-state index in [-0.39, 0.29) is 0 Å². The van der Waals surface area contributed by atoms with Crippen LogP contribution in [0.4, 0.5) is 0 Å². The zero-order valence-electron chi connectivity index (χ0n) is 8.08. The molecule has 1 fully saturated rings. The Kier molecular flexibility index (Phi) is 3.98. The lowest BCUT2D eigenvalue weighted by Gasteiger charge is -2.38. The van der Waals surface area contributed by atoms with Crippen molar-refractivity contribution in [3.8, 4) is 0 Å². The third-order valence-corrected chi connectivity index (χ3v) is 2.52. The fraction of sp³-hybridized carbons (Fsp3) is 1.00. The lowest BCUT2D eigenvalue weighted by atomic mass is 10.1. The number of nitrogens with one attached hydrogen (secondary N) is 1. The highest BCUT2D eigenvalue weighted by Crippen LogP contribution is 2.10. The Labute approximate surface area is 74.8 Å². The van der Waals surface area contributed by atoms with Gasteiger partial charge >= 0.3 is 0 Å². The van der Waals surface area contributed by atoms with Gasteiger partial charge in [-0.25, -0.2) is 0 Å². The van der Waals surface area contributed by atoms with Crippen molar-refractivity contribution in [1.82, 2.24) is 10.2 Å². The van der Waals surface area contributed by atoms with Crippen LogP contribution in [0.5, 0.6) is 0 Å². The molecule has 3 nitrogen and oxygen atoms in total. The van der Waals surface area contributed by atoms with E-state index in [0.717, 1.165) is 26.1 Å². The van der Waals surface area contributed by atoms with Crippen LogP contribution in [0, 0.1) is 0 Å². The standard InChI is InChI=1S/C9H20N2O/c1-8(2)11-5-4-10-7-9(11)3-6-12/h8-10,12H,3-7H2,1-2H3/t9-/m1/s1. The summed E-state index contributed by atoms with van der Waals surface area (Å²) in [5.41, 5.74) is 0. The molecule has 1 aliphatic rings. The van der Waals surface area contributed by atoms with E-state index < -0.39 is 0 Å². The fourth-order valence-corrected chi connectivity index (χ4v) is 1.87. The maximum Gasteiger partial charge on any atom is 0.0446 e. The molecule has 1 aliphatic heterocycles. The molecule has 0 bridgehead atoms. The maximum absolute atomic E-state index is 8.86. The summed E-state index contributed by atoms with van der Waals surface area (Å²) in [5.74, 6) is 0. The minimum absolute atomic E-state index is 0.301. The van der Waals surface area contributed by atoms with Gasteiger partial charge in [-0.1, -0.05) is 0 Å². The third kappa shape index (κ3) is 2.44. The van der Waals surface area contributed by atoms with Gasteiger partial charge in [0.2, 0.25) is 0 Å². The number of piperazine rings is 1. The molecule has 0 unspecified atom stereocenters. The first-order chi connectivity index (χ1) is 5.75. The summed E-state index contributed by atoms with van der Waals surface area (Å²) < 4.78 is 0. The second-order valence-electron chi connectivity index (χ2n) is 3.70. The molecule has 1 rings (SSSR count). The number of hydrogen-bond donors (Lipinski definition) is 2. The van der Waals surface area contributed by atoms with Crippen LogP contribution in [-0.2, 0) is 0 Å². The molecule has 0 amide bonds. The van der Waals surface area contributed by atoms with E-state index in [2.05, 4.69) is 24.1 Å². The molecular weight excluding hydrogens is 152 g/mol. The normalized spacial score (nSPS) is 26.5. The van der Waals surface area contributed by atoms with Gasteiger partial charge in [0.25, 0.3) is 0 Å². The Balaban J connectivity index is 2.42. The highest BCUT2D eigenvalue weighted by Gasteiger charge is 2.23. The van der Waals surface area contributed by atoms with Crippen molar-refractivity contribution in [2.45, 2.75) is 32.4 Å². The number of rotatable bonds is 3. The Hall–Kier alpha value is -0.120. The van der Waals surface area contributed by atoms with Gasteiger partial charge in [0.1, 0.15) is 0 Å². The minimum atomic E-state index is 0.301. The Morgan fingerprint density at radius 1 is 1.58 bits per heavy atom. The monoisotopic (exact) mass is 172 g/mol. The van der Waals surface area contributed by atoms with Crippen molar-refractivity contribution in [2.75, 3.05) is 26.2 Å². The van der Waals surface area contributed by atoms with Crippen LogP contribution >= 0.6 is 0 Å². The van der Waals surface area contributed by atoms with Gasteiger partial charge in [0.15, 0.2) is 0 Å². The summed E-state index contributed by atoms with van der Waals surface area (Å²) in [5, 5.41) is 12.2. The largest absolute Gasteiger partial charge is 0.396 e. The van der Waals surface area contributed by atoms with Crippen LogP contribution in [-0.4, -0.2) is 48.3 Å². The van der Waals surface area contributed by atoms with Gasteiger partial charge < -0.3 is 10.4 Å². The van der Waals surface area contributed by atoms with Gasteiger partial charge in [-0.05, 0) is 20.3 Å². The van der Waals surface area contributed by atoms with Gasteiger partial charge in [-0.15, -0.1) is 0 Å². The molecular formula is C9H20N2O. The van der Waals surface area contributed by atoms with E-state index in [1.54, 1.807) is 0 Å². The van der Waals surface area contributed by atoms with Gasteiger partial charge in [-0.2, -0.15) is 0 Å². The molecule has 0 radical (unpaired) electrons. The predicted molar refractivity (Wildman–Crippen MR) is 50.2 cm³/mol. The molecule has 0 aromatic carbocycles. The van der Waals surface area contributed by atoms with Crippen LogP contribution in [0.2, 0.25) is 0 Å². The summed E-state index contributed by atoms with van der Waals surface area (Å²) in [6.45, 7) is 7.96. The van der Waals surface area contributed by atoms with Crippen LogP contribution in [0.3, 0.4) is 0 Å². The van der Waals surface area contributed by atoms with Crippen molar-refractivity contribution >= 4 is 0 Å². The van der Waals surface area contributed by atoms with Crippen LogP contribution in [0.1, 0.15) is 20.3 Å². The molecule has 0 saturated carbocycles. The summed E-state index contributed by atoms with van der Waals surface area (Å²) >= 11 is 0. The topological polar surface area (TPSA) is 35.5 Å². The Morgan fingerprint density at radius 3 is 2.92 bits per heavy atom. The van der Waals surface area contributed by atoms with Crippen molar-refractivity contribution in [2.24, 2.45) is 0 Å². The summed E-state index contributed by atoms with van der Waals surface area (Å²) in [7, 11) is 0. The molecule has 12 heavy (non-hydrogen) atoms. The highest BCUT2D eigenvalue weighted by molar-refractivity contribution is 4.81. The predicted octanol–water partition coefficient (Wildman–Crippen LogP) is 0.0510. The van der Waals surface area contributed by atoms with Gasteiger partial charge in [-0.3, -0.25) is 4.90 Å². The molecule has 0 aliphatic carbocycles. The van der Waals surface area contributed by atoms with E-state index >= 15 is 0 Å². The smallest absolute Gasteiger partial charge is 0.0446 e. The quantitative estimate of drug-likeness (QED) is 0.631. The molecule has 1 saturated heterocycles. The minimum Gasteiger partial charge on any atom is -0.396 e. The molecule has 2 N–H and O–H groups in total. The number of aliphatic hydroxyl groups is 1. The lowest BCUT2D eigenvalue weighted by Crippen LogP contribution is -2.54. The first-order valence-electron chi connectivity index (χ1n) is 4.83. The van der Waals surface area contributed by atoms with Crippen LogP contribution in [0.15, 0.2) is 0 Å². The SMILES string of the molecule is CC(C)N1CCNC[C@H]1CCO. The summed E-state index contributed by atoms with van der Waals surface area (Å²) in [4.78, 5) is 2.46. The van der Waals surface area contributed by atoms with E-state index in [1.165, 1.54) is 0 Å². The van der Waals surface area contributed by atoms with E-state index in [0.29, 0.717) is 18.7 Å². The average Bonchev–Trinajstić information content (AvgIpc) is 2.05. The van der Waals surface area contributed by atoms with Crippen molar-refractivity contribution in [1.29, 1.82) is 0 Å². The summed E-state index contributed by atoms with van der Waals surface area (Å²) in [6.07, 6.45) is 0.894. The molecule has 0 aromatic heterocycles. The molecule has 1 heterocycles. The number of hydrogen-bond acceptors (Lipinski definition) is 3. The lowest BCUT2D eigenvalue weighted by molar-refractivity contribution is 0.101. The molecule has 3 heteroatoms. The highest BCUT2D eigenvalue weighted by atomic mass is 16.3. The maximum atomic E-state index is 8.86. The Morgan fingerprint density at radius 2 is 2.33 bits per heavy atom. The fourth-order valence-electron chi connectivity index (χ4n) is 1.87. The number of nitrogens with zero attached hydrogens (tertiary/aromatic N) is 1.